The topological polar surface area (TPSA) is 61.4 Å². The summed E-state index contributed by atoms with van der Waals surface area (Å²) < 4.78 is 0. The van der Waals surface area contributed by atoms with E-state index in [-0.39, 0.29) is 11.8 Å². The molecule has 1 aliphatic carbocycles. The second kappa shape index (κ2) is 6.83. The van der Waals surface area contributed by atoms with Gasteiger partial charge in [0.15, 0.2) is 0 Å². The van der Waals surface area contributed by atoms with Crippen LogP contribution in [0, 0.1) is 0 Å². The van der Waals surface area contributed by atoms with Gasteiger partial charge in [0, 0.05) is 30.9 Å². The minimum absolute atomic E-state index is 0.00422. The Labute approximate surface area is 153 Å². The van der Waals surface area contributed by atoms with E-state index in [4.69, 9.17) is 0 Å². The summed E-state index contributed by atoms with van der Waals surface area (Å²) in [5.74, 6) is 0.0694. The monoisotopic (exact) mass is 349 g/mol. The summed E-state index contributed by atoms with van der Waals surface area (Å²) in [4.78, 5) is 26.3. The zero-order valence-electron chi connectivity index (χ0n) is 14.9. The van der Waals surface area contributed by atoms with Crippen LogP contribution in [0.2, 0.25) is 0 Å². The number of carbonyl (C=O) groups excluding carboxylic acids is 2. The van der Waals surface area contributed by atoms with Crippen molar-refractivity contribution >= 4 is 23.2 Å². The molecule has 2 aromatic carbocycles. The largest absolute Gasteiger partial charge is 0.370 e. The van der Waals surface area contributed by atoms with Crippen LogP contribution in [0.3, 0.4) is 0 Å². The van der Waals surface area contributed by atoms with Crippen molar-refractivity contribution in [3.8, 4) is 0 Å². The number of benzene rings is 2. The van der Waals surface area contributed by atoms with Crippen LogP contribution in [0.5, 0.6) is 0 Å². The van der Waals surface area contributed by atoms with Gasteiger partial charge in [0.25, 0.3) is 0 Å². The molecule has 1 atom stereocenters. The van der Waals surface area contributed by atoms with E-state index in [0.717, 1.165) is 48.3 Å². The van der Waals surface area contributed by atoms with Gasteiger partial charge in [-0.15, -0.1) is 0 Å². The predicted octanol–water partition coefficient (Wildman–Crippen LogP) is 3.03. The third-order valence-corrected chi connectivity index (χ3v) is 4.98. The maximum Gasteiger partial charge on any atom is 0.247 e. The summed E-state index contributed by atoms with van der Waals surface area (Å²) in [7, 11) is 0. The molecule has 1 saturated carbocycles. The molecule has 0 radical (unpaired) electrons. The van der Waals surface area contributed by atoms with Crippen molar-refractivity contribution < 1.29 is 9.59 Å². The van der Waals surface area contributed by atoms with Gasteiger partial charge in [0.1, 0.15) is 6.04 Å². The summed E-state index contributed by atoms with van der Waals surface area (Å²) in [6.45, 7) is 2.31. The lowest BCUT2D eigenvalue weighted by molar-refractivity contribution is -0.122. The van der Waals surface area contributed by atoms with Crippen molar-refractivity contribution in [2.75, 3.05) is 16.8 Å². The third-order valence-electron chi connectivity index (χ3n) is 4.98. The molecule has 0 unspecified atom stereocenters. The lowest BCUT2D eigenvalue weighted by Gasteiger charge is -2.21. The predicted molar refractivity (Wildman–Crippen MR) is 102 cm³/mol. The molecule has 5 nitrogen and oxygen atoms in total. The van der Waals surface area contributed by atoms with Crippen molar-refractivity contribution in [2.24, 2.45) is 0 Å². The Morgan fingerprint density at radius 1 is 1.12 bits per heavy atom. The highest BCUT2D eigenvalue weighted by molar-refractivity contribution is 5.94. The van der Waals surface area contributed by atoms with E-state index < -0.39 is 6.04 Å². The summed E-state index contributed by atoms with van der Waals surface area (Å²) in [6.07, 6.45) is 2.97. The number of rotatable bonds is 5. The second-order valence-electron chi connectivity index (χ2n) is 7.04. The number of hydrogen-bond acceptors (Lipinski definition) is 3. The molecule has 2 aliphatic rings. The standard InChI is InChI=1S/C21H23N3O2/c1-14(25)24-12-11-16-13-18(9-10-19(16)24)22-20(15-5-3-2-4-6-15)21(26)23-17-7-8-17/h2-6,9-10,13,17,20,22H,7-8,11-12H2,1H3,(H,23,26)/t20-/m0/s1. The molecule has 0 aromatic heterocycles. The average molecular weight is 349 g/mol. The Balaban J connectivity index is 1.58. The molecule has 2 N–H and O–H groups in total. The maximum absolute atomic E-state index is 12.7. The van der Waals surface area contributed by atoms with Crippen LogP contribution in [0.4, 0.5) is 11.4 Å². The third kappa shape index (κ3) is 3.43. The number of amides is 2. The Bertz CT molecular complexity index is 830. The maximum atomic E-state index is 12.7. The van der Waals surface area contributed by atoms with E-state index in [2.05, 4.69) is 16.7 Å². The van der Waals surface area contributed by atoms with Crippen LogP contribution in [-0.2, 0) is 16.0 Å². The fraction of sp³-hybridized carbons (Fsp3) is 0.333. The summed E-state index contributed by atoms with van der Waals surface area (Å²) in [6, 6.07) is 15.6. The van der Waals surface area contributed by atoms with Gasteiger partial charge in [-0.25, -0.2) is 0 Å². The van der Waals surface area contributed by atoms with Crippen LogP contribution >= 0.6 is 0 Å². The molecular formula is C21H23N3O2. The van der Waals surface area contributed by atoms with Gasteiger partial charge < -0.3 is 15.5 Å². The second-order valence-corrected chi connectivity index (χ2v) is 7.04. The van der Waals surface area contributed by atoms with Crippen LogP contribution in [-0.4, -0.2) is 24.4 Å². The summed E-state index contributed by atoms with van der Waals surface area (Å²) >= 11 is 0. The smallest absolute Gasteiger partial charge is 0.247 e. The molecule has 0 saturated heterocycles. The zero-order valence-corrected chi connectivity index (χ0v) is 14.9. The van der Waals surface area contributed by atoms with Gasteiger partial charge >= 0.3 is 0 Å². The highest BCUT2D eigenvalue weighted by atomic mass is 16.2. The van der Waals surface area contributed by atoms with Gasteiger partial charge in [-0.1, -0.05) is 30.3 Å². The van der Waals surface area contributed by atoms with E-state index in [9.17, 15) is 9.59 Å². The van der Waals surface area contributed by atoms with E-state index in [1.165, 1.54) is 0 Å². The van der Waals surface area contributed by atoms with Crippen molar-refractivity contribution in [1.82, 2.24) is 5.32 Å². The molecule has 0 bridgehead atoms. The lowest BCUT2D eigenvalue weighted by atomic mass is 10.0. The first-order chi connectivity index (χ1) is 12.6. The average Bonchev–Trinajstić information content (AvgIpc) is 3.35. The van der Waals surface area contributed by atoms with E-state index in [1.807, 2.05) is 42.5 Å². The molecule has 5 heteroatoms. The molecular weight excluding hydrogens is 326 g/mol. The first-order valence-electron chi connectivity index (χ1n) is 9.15. The molecule has 2 amide bonds. The first-order valence-corrected chi connectivity index (χ1v) is 9.15. The van der Waals surface area contributed by atoms with Gasteiger partial charge in [0.05, 0.1) is 0 Å². The SMILES string of the molecule is CC(=O)N1CCc2cc(N[C@H](C(=O)NC3CC3)c3ccccc3)ccc21. The number of nitrogens with zero attached hydrogens (tertiary/aromatic N) is 1. The van der Waals surface area contributed by atoms with Crippen LogP contribution in [0.25, 0.3) is 0 Å². The van der Waals surface area contributed by atoms with Crippen molar-refractivity contribution in [3.63, 3.8) is 0 Å². The fourth-order valence-corrected chi connectivity index (χ4v) is 3.44. The number of carbonyl (C=O) groups is 2. The fourth-order valence-electron chi connectivity index (χ4n) is 3.44. The molecule has 2 aromatic rings. The van der Waals surface area contributed by atoms with Gasteiger partial charge in [0.2, 0.25) is 11.8 Å². The van der Waals surface area contributed by atoms with Crippen molar-refractivity contribution in [3.05, 3.63) is 59.7 Å². The summed E-state index contributed by atoms with van der Waals surface area (Å²) in [5.41, 5.74) is 3.95. The molecule has 26 heavy (non-hydrogen) atoms. The van der Waals surface area contributed by atoms with Crippen LogP contribution < -0.4 is 15.5 Å². The Kier molecular flexibility index (Phi) is 4.37. The Hall–Kier alpha value is -2.82. The lowest BCUT2D eigenvalue weighted by Crippen LogP contribution is -2.34. The number of hydrogen-bond donors (Lipinski definition) is 2. The first kappa shape index (κ1) is 16.6. The Morgan fingerprint density at radius 3 is 2.58 bits per heavy atom. The van der Waals surface area contributed by atoms with Crippen LogP contribution in [0.1, 0.15) is 36.9 Å². The molecule has 1 aliphatic heterocycles. The number of nitrogens with one attached hydrogen (secondary N) is 2. The van der Waals surface area contributed by atoms with E-state index >= 15 is 0 Å². The van der Waals surface area contributed by atoms with Crippen LogP contribution in [0.15, 0.2) is 48.5 Å². The molecule has 1 heterocycles. The van der Waals surface area contributed by atoms with Crippen molar-refractivity contribution in [1.29, 1.82) is 0 Å². The van der Waals surface area contributed by atoms with Gasteiger partial charge in [-0.3, -0.25) is 9.59 Å². The number of fused-ring (bicyclic) bond motifs is 1. The highest BCUT2D eigenvalue weighted by Gasteiger charge is 2.29. The minimum Gasteiger partial charge on any atom is -0.370 e. The van der Waals surface area contributed by atoms with Gasteiger partial charge in [-0.05, 0) is 48.6 Å². The zero-order chi connectivity index (χ0) is 18.1. The molecule has 1 fully saturated rings. The van der Waals surface area contributed by atoms with Crippen molar-refractivity contribution in [2.45, 2.75) is 38.3 Å². The van der Waals surface area contributed by atoms with E-state index in [1.54, 1.807) is 11.8 Å². The van der Waals surface area contributed by atoms with E-state index in [0.29, 0.717) is 6.04 Å². The highest BCUT2D eigenvalue weighted by Crippen LogP contribution is 2.32. The minimum atomic E-state index is -0.430. The molecule has 4 rings (SSSR count). The Morgan fingerprint density at radius 2 is 1.88 bits per heavy atom. The number of anilines is 2. The summed E-state index contributed by atoms with van der Waals surface area (Å²) in [5, 5.41) is 6.48. The molecule has 134 valence electrons. The normalized spacial score (nSPS) is 16.7. The molecule has 0 spiro atoms. The quantitative estimate of drug-likeness (QED) is 0.872. The van der Waals surface area contributed by atoms with Gasteiger partial charge in [-0.2, -0.15) is 0 Å².